The second kappa shape index (κ2) is 4.34. The van der Waals surface area contributed by atoms with E-state index in [-0.39, 0.29) is 5.92 Å². The lowest BCUT2D eigenvalue weighted by Gasteiger charge is -2.18. The third kappa shape index (κ3) is 2.14. The summed E-state index contributed by atoms with van der Waals surface area (Å²) in [5, 5.41) is 9.66. The fourth-order valence-corrected chi connectivity index (χ4v) is 2.15. The molecule has 0 saturated carbocycles. The van der Waals surface area contributed by atoms with E-state index in [0.29, 0.717) is 13.0 Å². The molecule has 2 rings (SSSR count). The average molecular weight is 240 g/mol. The molecule has 0 spiro atoms. The molecule has 16 heavy (non-hydrogen) atoms. The molecule has 1 fully saturated rings. The van der Waals surface area contributed by atoms with Crippen LogP contribution in [0.4, 0.5) is 5.69 Å². The van der Waals surface area contributed by atoms with E-state index in [4.69, 9.17) is 16.7 Å². The summed E-state index contributed by atoms with van der Waals surface area (Å²) in [5.74, 6) is -0.958. The molecule has 1 heterocycles. The number of carboxylic acid groups (broad SMARTS) is 1. The number of hydrogen-bond donors (Lipinski definition) is 1. The second-order valence-electron chi connectivity index (χ2n) is 4.20. The van der Waals surface area contributed by atoms with Crippen molar-refractivity contribution < 1.29 is 9.90 Å². The first-order valence-corrected chi connectivity index (χ1v) is 5.69. The van der Waals surface area contributed by atoms with Gasteiger partial charge in [-0.2, -0.15) is 0 Å². The Balaban J connectivity index is 2.14. The summed E-state index contributed by atoms with van der Waals surface area (Å²) >= 11 is 6.05. The van der Waals surface area contributed by atoms with Crippen molar-refractivity contribution in [3.05, 3.63) is 28.8 Å². The Bertz CT molecular complexity index is 419. The number of aliphatic carboxylic acids is 1. The zero-order valence-corrected chi connectivity index (χ0v) is 9.87. The van der Waals surface area contributed by atoms with Crippen LogP contribution in [0.1, 0.15) is 12.0 Å². The van der Waals surface area contributed by atoms with E-state index in [0.717, 1.165) is 22.8 Å². The highest BCUT2D eigenvalue weighted by Gasteiger charge is 2.28. The SMILES string of the molecule is Cc1ccc(N2CCC(C(=O)O)C2)cc1Cl. The molecule has 0 aliphatic carbocycles. The van der Waals surface area contributed by atoms with Crippen LogP contribution in [0.2, 0.25) is 5.02 Å². The first kappa shape index (κ1) is 11.3. The van der Waals surface area contributed by atoms with E-state index >= 15 is 0 Å². The summed E-state index contributed by atoms with van der Waals surface area (Å²) in [4.78, 5) is 12.9. The van der Waals surface area contributed by atoms with Crippen LogP contribution in [0, 0.1) is 12.8 Å². The standard InChI is InChI=1S/C12H14ClNO2/c1-8-2-3-10(6-11(8)13)14-5-4-9(7-14)12(15)16/h2-3,6,9H,4-5,7H2,1H3,(H,15,16). The molecule has 1 N–H and O–H groups in total. The lowest BCUT2D eigenvalue weighted by atomic mass is 10.1. The van der Waals surface area contributed by atoms with Crippen molar-refractivity contribution in [2.75, 3.05) is 18.0 Å². The van der Waals surface area contributed by atoms with Gasteiger partial charge in [0.05, 0.1) is 5.92 Å². The van der Waals surface area contributed by atoms with E-state index < -0.39 is 5.97 Å². The molecule has 0 radical (unpaired) electrons. The summed E-state index contributed by atoms with van der Waals surface area (Å²) in [6, 6.07) is 5.86. The van der Waals surface area contributed by atoms with Gasteiger partial charge in [0.25, 0.3) is 0 Å². The molecule has 1 unspecified atom stereocenters. The van der Waals surface area contributed by atoms with Crippen LogP contribution in [-0.4, -0.2) is 24.2 Å². The summed E-state index contributed by atoms with van der Waals surface area (Å²) in [6.45, 7) is 3.32. The van der Waals surface area contributed by atoms with Crippen molar-refractivity contribution in [2.45, 2.75) is 13.3 Å². The predicted octanol–water partition coefficient (Wildman–Crippen LogP) is 2.56. The van der Waals surface area contributed by atoms with Crippen LogP contribution < -0.4 is 4.90 Å². The third-order valence-electron chi connectivity index (χ3n) is 3.06. The van der Waals surface area contributed by atoms with E-state index in [1.54, 1.807) is 0 Å². The van der Waals surface area contributed by atoms with Gasteiger partial charge in [-0.3, -0.25) is 4.79 Å². The Kier molecular flexibility index (Phi) is 3.06. The molecule has 0 amide bonds. The van der Waals surface area contributed by atoms with Crippen molar-refractivity contribution in [1.29, 1.82) is 0 Å². The van der Waals surface area contributed by atoms with Crippen molar-refractivity contribution in [3.63, 3.8) is 0 Å². The van der Waals surface area contributed by atoms with E-state index in [2.05, 4.69) is 4.90 Å². The van der Waals surface area contributed by atoms with Gasteiger partial charge in [0.2, 0.25) is 0 Å². The summed E-state index contributed by atoms with van der Waals surface area (Å²) in [6.07, 6.45) is 0.709. The van der Waals surface area contributed by atoms with Crippen LogP contribution >= 0.6 is 11.6 Å². The number of carboxylic acids is 1. The number of anilines is 1. The Morgan fingerprint density at radius 1 is 1.56 bits per heavy atom. The number of rotatable bonds is 2. The number of aryl methyl sites for hydroxylation is 1. The summed E-state index contributed by atoms with van der Waals surface area (Å²) < 4.78 is 0. The number of carbonyl (C=O) groups is 1. The Hall–Kier alpha value is -1.22. The van der Waals surface area contributed by atoms with Crippen LogP contribution in [0.25, 0.3) is 0 Å². The average Bonchev–Trinajstić information content (AvgIpc) is 2.71. The minimum Gasteiger partial charge on any atom is -0.481 e. The summed E-state index contributed by atoms with van der Waals surface area (Å²) in [7, 11) is 0. The van der Waals surface area contributed by atoms with Crippen LogP contribution in [0.5, 0.6) is 0 Å². The molecular formula is C12H14ClNO2. The van der Waals surface area contributed by atoms with Crippen molar-refractivity contribution in [3.8, 4) is 0 Å². The fourth-order valence-electron chi connectivity index (χ4n) is 1.97. The van der Waals surface area contributed by atoms with Gasteiger partial charge in [-0.25, -0.2) is 0 Å². The smallest absolute Gasteiger partial charge is 0.308 e. The molecule has 3 nitrogen and oxygen atoms in total. The van der Waals surface area contributed by atoms with Gasteiger partial charge in [0.1, 0.15) is 0 Å². The molecule has 1 aliphatic rings. The minimum absolute atomic E-state index is 0.250. The molecule has 4 heteroatoms. The minimum atomic E-state index is -0.708. The predicted molar refractivity (Wildman–Crippen MR) is 64.1 cm³/mol. The van der Waals surface area contributed by atoms with Gasteiger partial charge >= 0.3 is 5.97 Å². The first-order valence-electron chi connectivity index (χ1n) is 5.32. The highest BCUT2D eigenvalue weighted by molar-refractivity contribution is 6.31. The number of benzene rings is 1. The Labute approximate surface area is 99.6 Å². The van der Waals surface area contributed by atoms with E-state index in [1.807, 2.05) is 25.1 Å². The maximum absolute atomic E-state index is 10.8. The van der Waals surface area contributed by atoms with Gasteiger partial charge in [0, 0.05) is 23.8 Å². The van der Waals surface area contributed by atoms with Crippen LogP contribution in [0.15, 0.2) is 18.2 Å². The zero-order chi connectivity index (χ0) is 11.7. The molecule has 1 aromatic carbocycles. The van der Waals surface area contributed by atoms with Crippen LogP contribution in [0.3, 0.4) is 0 Å². The van der Waals surface area contributed by atoms with Gasteiger partial charge in [-0.1, -0.05) is 17.7 Å². The molecular weight excluding hydrogens is 226 g/mol. The molecule has 1 atom stereocenters. The molecule has 0 bridgehead atoms. The van der Waals surface area contributed by atoms with Crippen molar-refractivity contribution >= 4 is 23.3 Å². The van der Waals surface area contributed by atoms with Crippen molar-refractivity contribution in [1.82, 2.24) is 0 Å². The number of hydrogen-bond acceptors (Lipinski definition) is 2. The fraction of sp³-hybridized carbons (Fsp3) is 0.417. The van der Waals surface area contributed by atoms with Gasteiger partial charge in [-0.05, 0) is 31.0 Å². The monoisotopic (exact) mass is 239 g/mol. The topological polar surface area (TPSA) is 40.5 Å². The molecule has 86 valence electrons. The maximum Gasteiger partial charge on any atom is 0.308 e. The second-order valence-corrected chi connectivity index (χ2v) is 4.61. The largest absolute Gasteiger partial charge is 0.481 e. The molecule has 1 saturated heterocycles. The number of nitrogens with zero attached hydrogens (tertiary/aromatic N) is 1. The highest BCUT2D eigenvalue weighted by atomic mass is 35.5. The Morgan fingerprint density at radius 3 is 2.88 bits per heavy atom. The lowest BCUT2D eigenvalue weighted by molar-refractivity contribution is -0.140. The zero-order valence-electron chi connectivity index (χ0n) is 9.11. The maximum atomic E-state index is 10.8. The quantitative estimate of drug-likeness (QED) is 0.862. The van der Waals surface area contributed by atoms with Crippen molar-refractivity contribution in [2.24, 2.45) is 5.92 Å². The molecule has 1 aliphatic heterocycles. The molecule has 1 aromatic rings. The molecule has 0 aromatic heterocycles. The highest BCUT2D eigenvalue weighted by Crippen LogP contribution is 2.27. The third-order valence-corrected chi connectivity index (χ3v) is 3.47. The Morgan fingerprint density at radius 2 is 2.31 bits per heavy atom. The van der Waals surface area contributed by atoms with Gasteiger partial charge < -0.3 is 10.0 Å². The normalized spacial score (nSPS) is 20.1. The van der Waals surface area contributed by atoms with Gasteiger partial charge in [0.15, 0.2) is 0 Å². The first-order chi connectivity index (χ1) is 7.58. The summed E-state index contributed by atoms with van der Waals surface area (Å²) in [5.41, 5.74) is 2.05. The van der Waals surface area contributed by atoms with E-state index in [9.17, 15) is 4.79 Å². The van der Waals surface area contributed by atoms with Crippen LogP contribution in [-0.2, 0) is 4.79 Å². The number of halogens is 1. The lowest BCUT2D eigenvalue weighted by Crippen LogP contribution is -2.22. The van der Waals surface area contributed by atoms with Gasteiger partial charge in [-0.15, -0.1) is 0 Å². The van der Waals surface area contributed by atoms with E-state index in [1.165, 1.54) is 0 Å².